The summed E-state index contributed by atoms with van der Waals surface area (Å²) in [5.41, 5.74) is 1.44. The Hall–Kier alpha value is -0.420. The van der Waals surface area contributed by atoms with E-state index in [1.54, 1.807) is 13.8 Å². The SMILES string of the molecule is CCC(C)(NCC(=O)NO)P(C)(=O)O. The summed E-state index contributed by atoms with van der Waals surface area (Å²) in [6.45, 7) is 4.36. The minimum Gasteiger partial charge on any atom is -0.343 e. The van der Waals surface area contributed by atoms with Crippen LogP contribution in [0.2, 0.25) is 0 Å². The third kappa shape index (κ3) is 3.38. The molecular weight excluding hydrogens is 207 g/mol. The molecule has 0 aromatic carbocycles. The molecule has 0 bridgehead atoms. The van der Waals surface area contributed by atoms with E-state index in [2.05, 4.69) is 5.32 Å². The van der Waals surface area contributed by atoms with E-state index in [4.69, 9.17) is 5.21 Å². The van der Waals surface area contributed by atoms with Gasteiger partial charge in [0.1, 0.15) is 0 Å². The summed E-state index contributed by atoms with van der Waals surface area (Å²) < 4.78 is 11.5. The topological polar surface area (TPSA) is 98.7 Å². The lowest BCUT2D eigenvalue weighted by Gasteiger charge is -2.31. The van der Waals surface area contributed by atoms with Crippen molar-refractivity contribution >= 4 is 13.3 Å². The van der Waals surface area contributed by atoms with Gasteiger partial charge in [0.2, 0.25) is 7.37 Å². The maximum atomic E-state index is 11.5. The molecule has 7 heteroatoms. The number of rotatable bonds is 5. The number of hydrogen-bond acceptors (Lipinski definition) is 4. The van der Waals surface area contributed by atoms with Crippen molar-refractivity contribution in [3.8, 4) is 0 Å². The number of hydrogen-bond donors (Lipinski definition) is 4. The second kappa shape index (κ2) is 4.89. The third-order valence-corrected chi connectivity index (χ3v) is 4.66. The van der Waals surface area contributed by atoms with Gasteiger partial charge in [0.15, 0.2) is 0 Å². The van der Waals surface area contributed by atoms with E-state index in [1.807, 2.05) is 0 Å². The van der Waals surface area contributed by atoms with Gasteiger partial charge in [-0.25, -0.2) is 5.48 Å². The van der Waals surface area contributed by atoms with Crippen LogP contribution in [0, 0.1) is 0 Å². The molecule has 0 heterocycles. The lowest BCUT2D eigenvalue weighted by Crippen LogP contribution is -2.46. The van der Waals surface area contributed by atoms with Gasteiger partial charge < -0.3 is 4.89 Å². The van der Waals surface area contributed by atoms with Crippen molar-refractivity contribution < 1.29 is 19.5 Å². The fourth-order valence-electron chi connectivity index (χ4n) is 0.875. The van der Waals surface area contributed by atoms with Crippen LogP contribution in [-0.2, 0) is 9.36 Å². The molecule has 0 aliphatic rings. The van der Waals surface area contributed by atoms with Crippen LogP contribution in [-0.4, -0.2) is 34.5 Å². The predicted octanol–water partition coefficient (Wildman–Crippen LogP) is 0.108. The van der Waals surface area contributed by atoms with Gasteiger partial charge in [0.05, 0.1) is 11.8 Å². The molecule has 6 nitrogen and oxygen atoms in total. The van der Waals surface area contributed by atoms with Crippen LogP contribution in [0.15, 0.2) is 0 Å². The fraction of sp³-hybridized carbons (Fsp3) is 0.857. The Bertz CT molecular complexity index is 252. The van der Waals surface area contributed by atoms with Crippen molar-refractivity contribution in [2.75, 3.05) is 13.2 Å². The van der Waals surface area contributed by atoms with Crippen molar-refractivity contribution in [1.82, 2.24) is 10.8 Å². The van der Waals surface area contributed by atoms with Crippen molar-refractivity contribution in [3.63, 3.8) is 0 Å². The van der Waals surface area contributed by atoms with Gasteiger partial charge in [-0.05, 0) is 13.3 Å². The van der Waals surface area contributed by atoms with E-state index < -0.39 is 18.6 Å². The monoisotopic (exact) mass is 224 g/mol. The first kappa shape index (κ1) is 13.6. The Morgan fingerprint density at radius 3 is 2.36 bits per heavy atom. The molecule has 0 spiro atoms. The Morgan fingerprint density at radius 1 is 1.57 bits per heavy atom. The second-order valence-corrected chi connectivity index (χ2v) is 6.14. The molecule has 0 aliphatic heterocycles. The highest BCUT2D eigenvalue weighted by molar-refractivity contribution is 7.58. The molecule has 0 fully saturated rings. The van der Waals surface area contributed by atoms with Crippen molar-refractivity contribution in [2.24, 2.45) is 0 Å². The van der Waals surface area contributed by atoms with Crippen molar-refractivity contribution in [1.29, 1.82) is 0 Å². The van der Waals surface area contributed by atoms with Gasteiger partial charge in [0, 0.05) is 6.66 Å². The molecule has 0 aliphatic carbocycles. The van der Waals surface area contributed by atoms with E-state index >= 15 is 0 Å². The maximum absolute atomic E-state index is 11.5. The first-order valence-corrected chi connectivity index (χ1v) is 6.36. The normalized spacial score (nSPS) is 19.5. The van der Waals surface area contributed by atoms with E-state index in [-0.39, 0.29) is 6.54 Å². The molecule has 0 saturated carbocycles. The van der Waals surface area contributed by atoms with Crippen LogP contribution in [0.3, 0.4) is 0 Å². The van der Waals surface area contributed by atoms with Crippen LogP contribution in [0.25, 0.3) is 0 Å². The molecule has 1 amide bonds. The van der Waals surface area contributed by atoms with Crippen molar-refractivity contribution in [2.45, 2.75) is 25.5 Å². The average molecular weight is 224 g/mol. The zero-order chi connectivity index (χ0) is 11.4. The summed E-state index contributed by atoms with van der Waals surface area (Å²) in [6.07, 6.45) is 0.413. The fourth-order valence-corrected chi connectivity index (χ4v) is 1.83. The summed E-state index contributed by atoms with van der Waals surface area (Å²) in [4.78, 5) is 20.1. The number of amides is 1. The average Bonchev–Trinajstić information content (AvgIpc) is 2.11. The number of hydroxylamine groups is 1. The molecular formula is C7H17N2O4P. The van der Waals surface area contributed by atoms with Gasteiger partial charge in [-0.15, -0.1) is 0 Å². The Morgan fingerprint density at radius 2 is 2.07 bits per heavy atom. The minimum absolute atomic E-state index is 0.195. The molecule has 4 N–H and O–H groups in total. The molecule has 84 valence electrons. The Balaban J connectivity index is 4.43. The highest BCUT2D eigenvalue weighted by Gasteiger charge is 2.37. The Kier molecular flexibility index (Phi) is 4.74. The summed E-state index contributed by atoms with van der Waals surface area (Å²) in [5.74, 6) is -0.641. The molecule has 0 radical (unpaired) electrons. The molecule has 2 atom stereocenters. The van der Waals surface area contributed by atoms with E-state index in [0.29, 0.717) is 6.42 Å². The zero-order valence-electron chi connectivity index (χ0n) is 8.57. The lowest BCUT2D eigenvalue weighted by molar-refractivity contribution is -0.128. The molecule has 2 unspecified atom stereocenters. The summed E-state index contributed by atoms with van der Waals surface area (Å²) in [5, 5.41) is 9.89. The van der Waals surface area contributed by atoms with Gasteiger partial charge in [-0.2, -0.15) is 0 Å². The van der Waals surface area contributed by atoms with Gasteiger partial charge in [0.25, 0.3) is 5.91 Å². The molecule has 0 saturated heterocycles. The quantitative estimate of drug-likeness (QED) is 0.302. The molecule has 0 rings (SSSR count). The minimum atomic E-state index is -3.33. The van der Waals surface area contributed by atoms with E-state index in [0.717, 1.165) is 0 Å². The summed E-state index contributed by atoms with van der Waals surface area (Å²) in [6, 6.07) is 0. The van der Waals surface area contributed by atoms with E-state index in [1.165, 1.54) is 12.1 Å². The first-order valence-electron chi connectivity index (χ1n) is 4.25. The van der Waals surface area contributed by atoms with Crippen LogP contribution >= 0.6 is 7.37 Å². The smallest absolute Gasteiger partial charge is 0.257 e. The maximum Gasteiger partial charge on any atom is 0.257 e. The third-order valence-electron chi connectivity index (χ3n) is 2.36. The largest absolute Gasteiger partial charge is 0.343 e. The van der Waals surface area contributed by atoms with Crippen molar-refractivity contribution in [3.05, 3.63) is 0 Å². The van der Waals surface area contributed by atoms with Crippen LogP contribution in [0.5, 0.6) is 0 Å². The Labute approximate surface area is 83.1 Å². The summed E-state index contributed by atoms with van der Waals surface area (Å²) in [7, 11) is -3.33. The van der Waals surface area contributed by atoms with Crippen LogP contribution < -0.4 is 10.8 Å². The second-order valence-electron chi connectivity index (χ2n) is 3.40. The first-order chi connectivity index (χ1) is 6.27. The lowest BCUT2D eigenvalue weighted by atomic mass is 10.2. The standard InChI is InChI=1S/C7H17N2O4P/c1-4-7(2,14(3,12)13)8-5-6(10)9-11/h8,11H,4-5H2,1-3H3,(H,9,10)(H,12,13). The number of carbonyl (C=O) groups excluding carboxylic acids is 1. The zero-order valence-corrected chi connectivity index (χ0v) is 9.47. The van der Waals surface area contributed by atoms with Crippen LogP contribution in [0.1, 0.15) is 20.3 Å². The molecule has 0 aromatic heterocycles. The van der Waals surface area contributed by atoms with Crippen LogP contribution in [0.4, 0.5) is 0 Å². The number of carbonyl (C=O) groups is 1. The highest BCUT2D eigenvalue weighted by Crippen LogP contribution is 2.50. The number of nitrogens with one attached hydrogen (secondary N) is 2. The highest BCUT2D eigenvalue weighted by atomic mass is 31.2. The van der Waals surface area contributed by atoms with Gasteiger partial charge in [-0.3, -0.25) is 19.9 Å². The van der Waals surface area contributed by atoms with E-state index in [9.17, 15) is 14.3 Å². The molecule has 0 aromatic rings. The molecule has 14 heavy (non-hydrogen) atoms. The predicted molar refractivity (Wildman–Crippen MR) is 52.4 cm³/mol. The van der Waals surface area contributed by atoms with Gasteiger partial charge in [-0.1, -0.05) is 6.92 Å². The van der Waals surface area contributed by atoms with Gasteiger partial charge >= 0.3 is 0 Å². The summed E-state index contributed by atoms with van der Waals surface area (Å²) >= 11 is 0.